The Morgan fingerprint density at radius 2 is 0.955 bits per heavy atom. The maximum Gasteiger partial charge on any atom is 0.335 e. The summed E-state index contributed by atoms with van der Waals surface area (Å²) in [6, 6.07) is 14.4. The zero-order chi connectivity index (χ0) is 31.9. The Labute approximate surface area is 257 Å². The molecule has 0 radical (unpaired) electrons. The Kier molecular flexibility index (Phi) is 13.5. The van der Waals surface area contributed by atoms with Crippen LogP contribution in [0.1, 0.15) is 63.5 Å². The van der Waals surface area contributed by atoms with Crippen LogP contribution in [0.2, 0.25) is 0 Å². The van der Waals surface area contributed by atoms with E-state index in [1.807, 2.05) is 24.3 Å². The van der Waals surface area contributed by atoms with Gasteiger partial charge in [-0.2, -0.15) is 0 Å². The van der Waals surface area contributed by atoms with Crippen LogP contribution in [0, 0.1) is 0 Å². The first kappa shape index (κ1) is 33.9. The van der Waals surface area contributed by atoms with E-state index in [-0.39, 0.29) is 50.6 Å². The zero-order valence-corrected chi connectivity index (χ0v) is 25.3. The number of rotatable bonds is 16. The molecule has 0 aliphatic heterocycles. The van der Waals surface area contributed by atoms with E-state index in [1.165, 1.54) is 0 Å². The lowest BCUT2D eigenvalue weighted by Gasteiger charge is -2.28. The summed E-state index contributed by atoms with van der Waals surface area (Å²) in [5, 5.41) is 0. The molecule has 1 fully saturated rings. The third-order valence-electron chi connectivity index (χ3n) is 6.83. The second kappa shape index (κ2) is 17.5. The molecular formula is C34H40O10. The lowest BCUT2D eigenvalue weighted by Crippen LogP contribution is -2.29. The number of hydrogen-bond acceptors (Lipinski definition) is 10. The second-order valence-corrected chi connectivity index (χ2v) is 10.6. The normalized spacial score (nSPS) is 15.8. The van der Waals surface area contributed by atoms with Gasteiger partial charge in [0.2, 0.25) is 13.6 Å². The Hall–Kier alpha value is -4.60. The van der Waals surface area contributed by atoms with E-state index in [0.29, 0.717) is 61.2 Å². The van der Waals surface area contributed by atoms with Gasteiger partial charge in [-0.3, -0.25) is 9.59 Å². The van der Waals surface area contributed by atoms with Crippen LogP contribution >= 0.6 is 0 Å². The number of esters is 4. The summed E-state index contributed by atoms with van der Waals surface area (Å²) in [5.41, 5.74) is 2.51. The molecule has 2 aromatic rings. The van der Waals surface area contributed by atoms with Gasteiger partial charge in [-0.05, 0) is 87.8 Å². The van der Waals surface area contributed by atoms with Crippen molar-refractivity contribution >= 4 is 23.9 Å². The lowest BCUT2D eigenvalue weighted by atomic mass is 9.95. The fourth-order valence-electron chi connectivity index (χ4n) is 4.30. The topological polar surface area (TPSA) is 124 Å². The van der Waals surface area contributed by atoms with Crippen molar-refractivity contribution in [2.75, 3.05) is 13.6 Å². The number of carbonyl (C=O) groups is 4. The highest BCUT2D eigenvalue weighted by Gasteiger charge is 2.26. The predicted octanol–water partition coefficient (Wildman–Crippen LogP) is 5.56. The molecule has 1 saturated carbocycles. The fourth-order valence-corrected chi connectivity index (χ4v) is 4.30. The van der Waals surface area contributed by atoms with Crippen LogP contribution in [-0.2, 0) is 51.0 Å². The molecule has 10 heteroatoms. The molecule has 1 aliphatic carbocycles. The number of carbonyl (C=O) groups excluding carboxylic acids is 4. The Bertz CT molecular complexity index is 1190. The minimum atomic E-state index is -0.514. The van der Waals surface area contributed by atoms with Gasteiger partial charge in [0.15, 0.2) is 0 Å². The fraction of sp³-hybridized carbons (Fsp3) is 0.412. The van der Waals surface area contributed by atoms with Gasteiger partial charge in [0.05, 0.1) is 0 Å². The monoisotopic (exact) mass is 608 g/mol. The van der Waals surface area contributed by atoms with E-state index in [1.54, 1.807) is 38.1 Å². The van der Waals surface area contributed by atoms with E-state index in [4.69, 9.17) is 28.4 Å². The van der Waals surface area contributed by atoms with Crippen LogP contribution in [-0.4, -0.2) is 49.7 Å². The van der Waals surface area contributed by atoms with E-state index in [0.717, 1.165) is 11.1 Å². The van der Waals surface area contributed by atoms with Crippen LogP contribution in [0.15, 0.2) is 72.8 Å². The molecular weight excluding hydrogens is 568 g/mol. The zero-order valence-electron chi connectivity index (χ0n) is 25.3. The molecule has 236 valence electrons. The largest absolute Gasteiger partial charge is 0.462 e. The molecule has 0 N–H and O–H groups in total. The summed E-state index contributed by atoms with van der Waals surface area (Å²) in [5.74, 6) is -0.461. The first-order valence-corrected chi connectivity index (χ1v) is 14.6. The number of benzene rings is 2. The van der Waals surface area contributed by atoms with Crippen molar-refractivity contribution in [2.45, 2.75) is 77.4 Å². The summed E-state index contributed by atoms with van der Waals surface area (Å²) in [7, 11) is 0. The van der Waals surface area contributed by atoms with Crippen molar-refractivity contribution in [3.05, 3.63) is 84.0 Å². The van der Waals surface area contributed by atoms with Crippen LogP contribution in [0.3, 0.4) is 0 Å². The standard InChI is InChI=1S/C34H40O10/c1-23(2)33(37)41-21-39-27-11-5-25(6-12-27)9-19-31(35)43-29-15-17-30(18-16-29)44-32(36)20-10-26-7-13-28(14-8-26)40-22-42-34(38)24(3)4/h5-8,11-14,29-30H,1,3,9-10,15-22H2,2,4H3. The number of ether oxygens (including phenoxy) is 6. The highest BCUT2D eigenvalue weighted by molar-refractivity contribution is 5.87. The molecule has 0 aromatic heterocycles. The summed E-state index contributed by atoms with van der Waals surface area (Å²) in [6.07, 6.45) is 3.78. The maximum absolute atomic E-state index is 12.4. The average Bonchev–Trinajstić information content (AvgIpc) is 3.01. The van der Waals surface area contributed by atoms with Gasteiger partial charge < -0.3 is 28.4 Å². The first-order chi connectivity index (χ1) is 21.1. The summed E-state index contributed by atoms with van der Waals surface area (Å²) in [4.78, 5) is 47.6. The summed E-state index contributed by atoms with van der Waals surface area (Å²) < 4.78 is 31.8. The number of aryl methyl sites for hydroxylation is 2. The SMILES string of the molecule is C=C(C)C(=O)OCOc1ccc(CCC(=O)OC2CCC(OC(=O)CCc3ccc(OCOC(=O)C(=C)C)cc3)CC2)cc1. The van der Waals surface area contributed by atoms with Crippen molar-refractivity contribution in [3.8, 4) is 11.5 Å². The van der Waals surface area contributed by atoms with Crippen molar-refractivity contribution in [2.24, 2.45) is 0 Å². The lowest BCUT2D eigenvalue weighted by molar-refractivity contribution is -0.158. The molecule has 0 bridgehead atoms. The van der Waals surface area contributed by atoms with Crippen molar-refractivity contribution in [3.63, 3.8) is 0 Å². The Balaban J connectivity index is 1.26. The smallest absolute Gasteiger partial charge is 0.335 e. The van der Waals surface area contributed by atoms with Gasteiger partial charge in [0.1, 0.15) is 23.7 Å². The second-order valence-electron chi connectivity index (χ2n) is 10.6. The molecule has 0 unspecified atom stereocenters. The summed E-state index contributed by atoms with van der Waals surface area (Å²) >= 11 is 0. The third kappa shape index (κ3) is 12.3. The number of hydrogen-bond donors (Lipinski definition) is 0. The third-order valence-corrected chi connectivity index (χ3v) is 6.83. The first-order valence-electron chi connectivity index (χ1n) is 14.6. The Morgan fingerprint density at radius 3 is 1.27 bits per heavy atom. The molecule has 2 aromatic carbocycles. The van der Waals surface area contributed by atoms with Crippen molar-refractivity contribution in [1.29, 1.82) is 0 Å². The van der Waals surface area contributed by atoms with Gasteiger partial charge in [-0.25, -0.2) is 9.59 Å². The van der Waals surface area contributed by atoms with Crippen LogP contribution < -0.4 is 9.47 Å². The van der Waals surface area contributed by atoms with Crippen LogP contribution in [0.4, 0.5) is 0 Å². The Morgan fingerprint density at radius 1 is 0.614 bits per heavy atom. The van der Waals surface area contributed by atoms with Gasteiger partial charge >= 0.3 is 23.9 Å². The molecule has 0 heterocycles. The van der Waals surface area contributed by atoms with Crippen molar-refractivity contribution in [1.82, 2.24) is 0 Å². The molecule has 0 atom stereocenters. The minimum Gasteiger partial charge on any atom is -0.462 e. The molecule has 0 saturated heterocycles. The van der Waals surface area contributed by atoms with Gasteiger partial charge in [0.25, 0.3) is 0 Å². The van der Waals surface area contributed by atoms with E-state index in [9.17, 15) is 19.2 Å². The van der Waals surface area contributed by atoms with E-state index in [2.05, 4.69) is 13.2 Å². The predicted molar refractivity (Wildman–Crippen MR) is 161 cm³/mol. The van der Waals surface area contributed by atoms with Gasteiger partial charge in [-0.15, -0.1) is 0 Å². The molecule has 3 rings (SSSR count). The minimum absolute atomic E-state index is 0.180. The molecule has 0 spiro atoms. The summed E-state index contributed by atoms with van der Waals surface area (Å²) in [6.45, 7) is 9.73. The molecule has 1 aliphatic rings. The molecule has 10 nitrogen and oxygen atoms in total. The van der Waals surface area contributed by atoms with Crippen LogP contribution in [0.5, 0.6) is 11.5 Å². The molecule has 0 amide bonds. The van der Waals surface area contributed by atoms with Gasteiger partial charge in [0, 0.05) is 24.0 Å². The quantitative estimate of drug-likeness (QED) is 0.104. The van der Waals surface area contributed by atoms with E-state index < -0.39 is 11.9 Å². The van der Waals surface area contributed by atoms with Crippen molar-refractivity contribution < 1.29 is 47.6 Å². The van der Waals surface area contributed by atoms with Gasteiger partial charge in [-0.1, -0.05) is 37.4 Å². The highest BCUT2D eigenvalue weighted by Crippen LogP contribution is 2.25. The maximum atomic E-state index is 12.4. The highest BCUT2D eigenvalue weighted by atomic mass is 16.7. The van der Waals surface area contributed by atoms with Crippen LogP contribution in [0.25, 0.3) is 0 Å². The van der Waals surface area contributed by atoms with E-state index >= 15 is 0 Å². The molecule has 44 heavy (non-hydrogen) atoms. The average molecular weight is 609 g/mol.